The van der Waals surface area contributed by atoms with Gasteiger partial charge in [-0.3, -0.25) is 4.90 Å². The molecule has 4 heteroatoms. The van der Waals surface area contributed by atoms with Gasteiger partial charge in [-0.05, 0) is 43.5 Å². The largest absolute Gasteiger partial charge is 0.308 e. The van der Waals surface area contributed by atoms with E-state index in [1.165, 1.54) is 43.6 Å². The van der Waals surface area contributed by atoms with E-state index in [4.69, 9.17) is 0 Å². The third-order valence-corrected chi connectivity index (χ3v) is 4.91. The summed E-state index contributed by atoms with van der Waals surface area (Å²) in [6.45, 7) is 3.56. The first-order valence-electron chi connectivity index (χ1n) is 7.95. The summed E-state index contributed by atoms with van der Waals surface area (Å²) in [7, 11) is 0. The molecule has 1 aromatic heterocycles. The van der Waals surface area contributed by atoms with Crippen LogP contribution in [0.5, 0.6) is 0 Å². The lowest BCUT2D eigenvalue weighted by Crippen LogP contribution is -2.38. The van der Waals surface area contributed by atoms with E-state index in [-0.39, 0.29) is 0 Å². The van der Waals surface area contributed by atoms with Crippen molar-refractivity contribution in [3.63, 3.8) is 0 Å². The Morgan fingerprint density at radius 1 is 1.14 bits per heavy atom. The molecule has 3 heterocycles. The van der Waals surface area contributed by atoms with Gasteiger partial charge in [0.2, 0.25) is 0 Å². The molecule has 0 amide bonds. The lowest BCUT2D eigenvalue weighted by Gasteiger charge is -2.21. The maximum Gasteiger partial charge on any atom is 0.0991 e. The topological polar surface area (TPSA) is 33.1 Å². The van der Waals surface area contributed by atoms with Crippen molar-refractivity contribution in [2.45, 2.75) is 37.9 Å². The van der Waals surface area contributed by atoms with E-state index >= 15 is 0 Å². The zero-order valence-electron chi connectivity index (χ0n) is 12.3. The van der Waals surface area contributed by atoms with Crippen molar-refractivity contribution in [3.8, 4) is 5.69 Å². The summed E-state index contributed by atoms with van der Waals surface area (Å²) in [5.74, 6) is 0. The van der Waals surface area contributed by atoms with Crippen molar-refractivity contribution < 1.29 is 0 Å². The number of hydrogen-bond acceptors (Lipinski definition) is 3. The van der Waals surface area contributed by atoms with Crippen LogP contribution in [0, 0.1) is 0 Å². The molecule has 2 saturated heterocycles. The molecule has 4 nitrogen and oxygen atoms in total. The minimum atomic E-state index is 0.681. The molecule has 0 aliphatic carbocycles. The minimum Gasteiger partial charge on any atom is -0.308 e. The molecule has 0 spiro atoms. The van der Waals surface area contributed by atoms with Crippen LogP contribution in [0.2, 0.25) is 0 Å². The molecule has 2 aliphatic rings. The molecule has 2 unspecified atom stereocenters. The molecule has 1 aromatic carbocycles. The smallest absolute Gasteiger partial charge is 0.0991 e. The first-order valence-corrected chi connectivity index (χ1v) is 7.95. The van der Waals surface area contributed by atoms with E-state index in [0.717, 1.165) is 12.6 Å². The van der Waals surface area contributed by atoms with Crippen LogP contribution < -0.4 is 5.32 Å². The van der Waals surface area contributed by atoms with Crippen LogP contribution in [0.25, 0.3) is 5.69 Å². The second kappa shape index (κ2) is 5.62. The first kappa shape index (κ1) is 13.0. The molecule has 2 aromatic rings. The predicted octanol–water partition coefficient (Wildman–Crippen LogP) is 2.20. The minimum absolute atomic E-state index is 0.681. The molecular formula is C17H22N4. The molecule has 4 rings (SSSR count). The van der Waals surface area contributed by atoms with E-state index in [0.29, 0.717) is 6.04 Å². The monoisotopic (exact) mass is 282 g/mol. The van der Waals surface area contributed by atoms with Crippen molar-refractivity contribution in [1.29, 1.82) is 0 Å². The molecule has 0 saturated carbocycles. The maximum atomic E-state index is 4.09. The van der Waals surface area contributed by atoms with Gasteiger partial charge in [-0.2, -0.15) is 0 Å². The maximum absolute atomic E-state index is 4.09. The van der Waals surface area contributed by atoms with Gasteiger partial charge < -0.3 is 9.88 Å². The number of imidazole rings is 1. The highest BCUT2D eigenvalue weighted by molar-refractivity contribution is 5.34. The van der Waals surface area contributed by atoms with E-state index < -0.39 is 0 Å². The molecule has 0 radical (unpaired) electrons. The average molecular weight is 282 g/mol. The second-order valence-corrected chi connectivity index (χ2v) is 6.16. The zero-order chi connectivity index (χ0) is 14.1. The summed E-state index contributed by atoms with van der Waals surface area (Å²) in [4.78, 5) is 6.74. The SMILES string of the molecule is c1cn(-c2ccc(CNC3CCN4CCCC34)cc2)cn1. The van der Waals surface area contributed by atoms with Crippen LogP contribution in [0.1, 0.15) is 24.8 Å². The number of aromatic nitrogens is 2. The van der Waals surface area contributed by atoms with Gasteiger partial charge in [-0.1, -0.05) is 12.1 Å². The summed E-state index contributed by atoms with van der Waals surface area (Å²) in [6.07, 6.45) is 9.67. The Kier molecular flexibility index (Phi) is 3.49. The van der Waals surface area contributed by atoms with Gasteiger partial charge in [0, 0.05) is 43.3 Å². The van der Waals surface area contributed by atoms with Gasteiger partial charge in [-0.25, -0.2) is 4.98 Å². The van der Waals surface area contributed by atoms with Gasteiger partial charge in [0.15, 0.2) is 0 Å². The summed E-state index contributed by atoms with van der Waals surface area (Å²) < 4.78 is 2.03. The van der Waals surface area contributed by atoms with Crippen LogP contribution in [0.4, 0.5) is 0 Å². The van der Waals surface area contributed by atoms with Crippen molar-refractivity contribution in [3.05, 3.63) is 48.5 Å². The van der Waals surface area contributed by atoms with Crippen LogP contribution in [-0.4, -0.2) is 39.6 Å². The summed E-state index contributed by atoms with van der Waals surface area (Å²) in [6, 6.07) is 10.2. The van der Waals surface area contributed by atoms with Crippen LogP contribution in [-0.2, 0) is 6.54 Å². The molecule has 2 aliphatic heterocycles. The van der Waals surface area contributed by atoms with Crippen molar-refractivity contribution in [1.82, 2.24) is 19.8 Å². The fourth-order valence-electron chi connectivity index (χ4n) is 3.77. The fraction of sp³-hybridized carbons (Fsp3) is 0.471. The predicted molar refractivity (Wildman–Crippen MR) is 83.4 cm³/mol. The third-order valence-electron chi connectivity index (χ3n) is 4.91. The number of nitrogens with zero attached hydrogens (tertiary/aromatic N) is 3. The number of nitrogens with one attached hydrogen (secondary N) is 1. The standard InChI is InChI=1S/C17H22N4/c1-2-17-16(7-10-20(17)9-1)19-12-14-3-5-15(6-4-14)21-11-8-18-13-21/h3-6,8,11,13,16-17,19H,1-2,7,9-10,12H2. The molecule has 2 fully saturated rings. The van der Waals surface area contributed by atoms with E-state index in [1.807, 2.05) is 23.3 Å². The molecule has 1 N–H and O–H groups in total. The van der Waals surface area contributed by atoms with Gasteiger partial charge in [-0.15, -0.1) is 0 Å². The number of rotatable bonds is 4. The Labute approximate surface area is 125 Å². The Bertz CT molecular complexity index is 575. The summed E-state index contributed by atoms with van der Waals surface area (Å²) in [5, 5.41) is 3.76. The number of benzene rings is 1. The normalized spacial score (nSPS) is 25.3. The lowest BCUT2D eigenvalue weighted by molar-refractivity contribution is 0.298. The first-order chi connectivity index (χ1) is 10.4. The van der Waals surface area contributed by atoms with Crippen LogP contribution in [0.3, 0.4) is 0 Å². The Balaban J connectivity index is 1.37. The van der Waals surface area contributed by atoms with Crippen molar-refractivity contribution in [2.24, 2.45) is 0 Å². The zero-order valence-corrected chi connectivity index (χ0v) is 12.3. The van der Waals surface area contributed by atoms with Crippen molar-refractivity contribution in [2.75, 3.05) is 13.1 Å². The fourth-order valence-corrected chi connectivity index (χ4v) is 3.77. The highest BCUT2D eigenvalue weighted by Gasteiger charge is 2.36. The quantitative estimate of drug-likeness (QED) is 0.933. The highest BCUT2D eigenvalue weighted by atomic mass is 15.2. The van der Waals surface area contributed by atoms with E-state index in [9.17, 15) is 0 Å². The lowest BCUT2D eigenvalue weighted by atomic mass is 10.1. The molecular weight excluding hydrogens is 260 g/mol. The summed E-state index contributed by atoms with van der Waals surface area (Å²) >= 11 is 0. The second-order valence-electron chi connectivity index (χ2n) is 6.16. The Morgan fingerprint density at radius 2 is 2.05 bits per heavy atom. The molecule has 110 valence electrons. The number of hydrogen-bond donors (Lipinski definition) is 1. The van der Waals surface area contributed by atoms with Crippen molar-refractivity contribution >= 4 is 0 Å². The molecule has 0 bridgehead atoms. The third kappa shape index (κ3) is 2.61. The average Bonchev–Trinajstić information content (AvgIpc) is 3.24. The highest BCUT2D eigenvalue weighted by Crippen LogP contribution is 2.28. The summed E-state index contributed by atoms with van der Waals surface area (Å²) in [5.41, 5.74) is 2.52. The van der Waals surface area contributed by atoms with Gasteiger partial charge in [0.1, 0.15) is 0 Å². The Morgan fingerprint density at radius 3 is 2.86 bits per heavy atom. The van der Waals surface area contributed by atoms with Crippen LogP contribution >= 0.6 is 0 Å². The van der Waals surface area contributed by atoms with Crippen LogP contribution in [0.15, 0.2) is 43.0 Å². The van der Waals surface area contributed by atoms with Gasteiger partial charge in [0.25, 0.3) is 0 Å². The number of fused-ring (bicyclic) bond motifs is 1. The van der Waals surface area contributed by atoms with Gasteiger partial charge in [0.05, 0.1) is 6.33 Å². The van der Waals surface area contributed by atoms with E-state index in [1.54, 1.807) is 0 Å². The van der Waals surface area contributed by atoms with Gasteiger partial charge >= 0.3 is 0 Å². The Hall–Kier alpha value is -1.65. The van der Waals surface area contributed by atoms with E-state index in [2.05, 4.69) is 39.5 Å². The molecule has 21 heavy (non-hydrogen) atoms. The molecule has 2 atom stereocenters.